The van der Waals surface area contributed by atoms with Crippen molar-refractivity contribution in [1.29, 1.82) is 0 Å². The average Bonchev–Trinajstić information content (AvgIpc) is 1.99. The Kier molecular flexibility index (Phi) is 2.79. The van der Waals surface area contributed by atoms with Crippen molar-refractivity contribution in [1.82, 2.24) is 5.32 Å². The maximum atomic E-state index is 12.8. The Labute approximate surface area is 82.8 Å². The van der Waals surface area contributed by atoms with Crippen LogP contribution in [0.15, 0.2) is 24.3 Å². The largest absolute Gasteiger partial charge is 0.392 e. The Bertz CT molecular complexity index is 312. The molecule has 0 aromatic heterocycles. The topological polar surface area (TPSA) is 32.3 Å². The van der Waals surface area contributed by atoms with E-state index < -0.39 is 0 Å². The predicted octanol–water partition coefficient (Wildman–Crippen LogP) is 0.948. The molecule has 2 rings (SSSR count). The summed E-state index contributed by atoms with van der Waals surface area (Å²) in [6, 6.07) is 6.42. The minimum atomic E-state index is -0.349. The number of aliphatic hydroxyl groups excluding tert-OH is 1. The normalized spacial score (nSPS) is 19.0. The summed E-state index contributed by atoms with van der Waals surface area (Å²) in [6.07, 6.45) is 0.197. The van der Waals surface area contributed by atoms with Gasteiger partial charge in [-0.25, -0.2) is 4.39 Å². The molecule has 2 N–H and O–H groups in total. The third kappa shape index (κ3) is 2.11. The molecule has 1 aliphatic heterocycles. The number of aliphatic hydroxyl groups is 1. The van der Waals surface area contributed by atoms with E-state index in [0.717, 1.165) is 18.7 Å². The van der Waals surface area contributed by atoms with Crippen LogP contribution in [0.4, 0.5) is 4.39 Å². The minimum Gasteiger partial charge on any atom is -0.392 e. The smallest absolute Gasteiger partial charge is 0.123 e. The molecular weight excluding hydrogens is 181 g/mol. The second kappa shape index (κ2) is 4.07. The van der Waals surface area contributed by atoms with E-state index in [1.54, 1.807) is 6.07 Å². The van der Waals surface area contributed by atoms with E-state index in [1.165, 1.54) is 12.1 Å². The number of nitrogens with one attached hydrogen (secondary N) is 1. The van der Waals surface area contributed by atoms with Gasteiger partial charge in [0.15, 0.2) is 0 Å². The Balaban J connectivity index is 1.95. The van der Waals surface area contributed by atoms with Crippen LogP contribution in [0.2, 0.25) is 0 Å². The molecule has 3 heteroatoms. The zero-order valence-corrected chi connectivity index (χ0v) is 7.91. The highest BCUT2D eigenvalue weighted by molar-refractivity contribution is 5.17. The Morgan fingerprint density at radius 1 is 1.50 bits per heavy atom. The number of rotatable bonds is 3. The molecule has 0 spiro atoms. The summed E-state index contributed by atoms with van der Waals surface area (Å²) in [6.45, 7) is 1.74. The van der Waals surface area contributed by atoms with Gasteiger partial charge >= 0.3 is 0 Å². The van der Waals surface area contributed by atoms with E-state index in [-0.39, 0.29) is 11.9 Å². The molecule has 1 aliphatic rings. The highest BCUT2D eigenvalue weighted by Gasteiger charge is 2.25. The number of benzene rings is 1. The Morgan fingerprint density at radius 2 is 2.29 bits per heavy atom. The maximum absolute atomic E-state index is 12.8. The second-order valence-corrected chi connectivity index (χ2v) is 3.82. The van der Waals surface area contributed by atoms with Gasteiger partial charge in [-0.1, -0.05) is 12.1 Å². The van der Waals surface area contributed by atoms with Crippen molar-refractivity contribution in [3.8, 4) is 0 Å². The van der Waals surface area contributed by atoms with Crippen molar-refractivity contribution in [2.24, 2.45) is 5.92 Å². The van der Waals surface area contributed by atoms with Gasteiger partial charge in [0.05, 0.1) is 6.10 Å². The van der Waals surface area contributed by atoms with Crippen LogP contribution < -0.4 is 5.32 Å². The summed E-state index contributed by atoms with van der Waals surface area (Å²) < 4.78 is 12.8. The van der Waals surface area contributed by atoms with E-state index in [9.17, 15) is 9.50 Å². The molecule has 2 nitrogen and oxygen atoms in total. The van der Waals surface area contributed by atoms with Crippen LogP contribution in [0, 0.1) is 11.7 Å². The van der Waals surface area contributed by atoms with Crippen molar-refractivity contribution >= 4 is 0 Å². The fourth-order valence-electron chi connectivity index (χ4n) is 1.66. The third-order valence-electron chi connectivity index (χ3n) is 2.69. The summed E-state index contributed by atoms with van der Waals surface area (Å²) in [5.74, 6) is 0.0969. The Morgan fingerprint density at radius 3 is 2.86 bits per heavy atom. The average molecular weight is 195 g/mol. The molecule has 1 atom stereocenters. The first kappa shape index (κ1) is 9.62. The van der Waals surface area contributed by atoms with Crippen LogP contribution in [0.1, 0.15) is 5.56 Å². The lowest BCUT2D eigenvalue weighted by atomic mass is 9.92. The van der Waals surface area contributed by atoms with Gasteiger partial charge in [-0.2, -0.15) is 0 Å². The second-order valence-electron chi connectivity index (χ2n) is 3.82. The first-order valence-electron chi connectivity index (χ1n) is 4.89. The van der Waals surface area contributed by atoms with E-state index in [2.05, 4.69) is 5.32 Å². The summed E-state index contributed by atoms with van der Waals surface area (Å²) >= 11 is 0. The molecule has 1 unspecified atom stereocenters. The van der Waals surface area contributed by atoms with Gasteiger partial charge < -0.3 is 10.4 Å². The van der Waals surface area contributed by atoms with Crippen LogP contribution in [-0.2, 0) is 6.42 Å². The molecular formula is C11H14FNO. The molecule has 1 aromatic carbocycles. The zero-order valence-electron chi connectivity index (χ0n) is 7.91. The standard InChI is InChI=1S/C11H14FNO/c12-10-3-1-2-8(4-10)5-11(14)9-6-13-7-9/h1-4,9,11,13-14H,5-7H2. The number of hydrogen-bond acceptors (Lipinski definition) is 2. The SMILES string of the molecule is OC(Cc1cccc(F)c1)C1CNC1. The van der Waals surface area contributed by atoms with Gasteiger partial charge in [0.1, 0.15) is 5.82 Å². The van der Waals surface area contributed by atoms with E-state index in [4.69, 9.17) is 0 Å². The van der Waals surface area contributed by atoms with Gasteiger partial charge in [-0.05, 0) is 24.1 Å². The first-order valence-corrected chi connectivity index (χ1v) is 4.89. The molecule has 1 fully saturated rings. The van der Waals surface area contributed by atoms with Crippen LogP contribution in [-0.4, -0.2) is 24.3 Å². The molecule has 1 heterocycles. The van der Waals surface area contributed by atoms with Gasteiger partial charge in [0.25, 0.3) is 0 Å². The van der Waals surface area contributed by atoms with Crippen molar-refractivity contribution in [3.63, 3.8) is 0 Å². The highest BCUT2D eigenvalue weighted by Crippen LogP contribution is 2.14. The van der Waals surface area contributed by atoms with Crippen LogP contribution >= 0.6 is 0 Å². The summed E-state index contributed by atoms with van der Waals surface area (Å²) in [5, 5.41) is 12.9. The highest BCUT2D eigenvalue weighted by atomic mass is 19.1. The minimum absolute atomic E-state index is 0.235. The molecule has 1 aromatic rings. The lowest BCUT2D eigenvalue weighted by molar-refractivity contribution is 0.0772. The van der Waals surface area contributed by atoms with Gasteiger partial charge in [0, 0.05) is 19.0 Å². The number of halogens is 1. The lowest BCUT2D eigenvalue weighted by Crippen LogP contribution is -2.49. The van der Waals surface area contributed by atoms with Gasteiger partial charge in [-0.3, -0.25) is 0 Å². The van der Waals surface area contributed by atoms with E-state index in [1.807, 2.05) is 6.07 Å². The molecule has 0 saturated carbocycles. The van der Waals surface area contributed by atoms with Crippen molar-refractivity contribution < 1.29 is 9.50 Å². The third-order valence-corrected chi connectivity index (χ3v) is 2.69. The quantitative estimate of drug-likeness (QED) is 0.752. The molecule has 0 aliphatic carbocycles. The molecule has 0 bridgehead atoms. The maximum Gasteiger partial charge on any atom is 0.123 e. The summed E-state index contributed by atoms with van der Waals surface area (Å²) in [5.41, 5.74) is 0.865. The Hall–Kier alpha value is -0.930. The summed E-state index contributed by atoms with van der Waals surface area (Å²) in [4.78, 5) is 0. The van der Waals surface area contributed by atoms with Crippen LogP contribution in [0.5, 0.6) is 0 Å². The van der Waals surface area contributed by atoms with Crippen LogP contribution in [0.3, 0.4) is 0 Å². The van der Waals surface area contributed by atoms with Crippen molar-refractivity contribution in [2.45, 2.75) is 12.5 Å². The predicted molar refractivity (Wildman–Crippen MR) is 52.5 cm³/mol. The van der Waals surface area contributed by atoms with Crippen molar-refractivity contribution in [2.75, 3.05) is 13.1 Å². The van der Waals surface area contributed by atoms with E-state index in [0.29, 0.717) is 12.3 Å². The fourth-order valence-corrected chi connectivity index (χ4v) is 1.66. The first-order chi connectivity index (χ1) is 6.75. The summed E-state index contributed by atoms with van der Waals surface area (Å²) in [7, 11) is 0. The van der Waals surface area contributed by atoms with Crippen LogP contribution in [0.25, 0.3) is 0 Å². The van der Waals surface area contributed by atoms with Gasteiger partial charge in [-0.15, -0.1) is 0 Å². The molecule has 14 heavy (non-hydrogen) atoms. The molecule has 1 saturated heterocycles. The number of hydrogen-bond donors (Lipinski definition) is 2. The molecule has 76 valence electrons. The molecule has 0 amide bonds. The zero-order chi connectivity index (χ0) is 9.97. The fraction of sp³-hybridized carbons (Fsp3) is 0.455. The monoisotopic (exact) mass is 195 g/mol. The van der Waals surface area contributed by atoms with Crippen molar-refractivity contribution in [3.05, 3.63) is 35.6 Å². The lowest BCUT2D eigenvalue weighted by Gasteiger charge is -2.31. The van der Waals surface area contributed by atoms with Gasteiger partial charge in [0.2, 0.25) is 0 Å². The molecule has 0 radical (unpaired) electrons. The van der Waals surface area contributed by atoms with E-state index >= 15 is 0 Å².